The van der Waals surface area contributed by atoms with E-state index >= 15 is 0 Å². The topological polar surface area (TPSA) is 15.3 Å². The molecule has 1 saturated heterocycles. The minimum atomic E-state index is 0.866. The number of nitrogens with zero attached hydrogens (tertiary/aromatic N) is 1. The highest BCUT2D eigenvalue weighted by atomic mass is 15.1. The van der Waals surface area contributed by atoms with E-state index in [0.29, 0.717) is 0 Å². The van der Waals surface area contributed by atoms with Crippen LogP contribution in [-0.4, -0.2) is 37.6 Å². The van der Waals surface area contributed by atoms with Crippen molar-refractivity contribution in [1.29, 1.82) is 0 Å². The van der Waals surface area contributed by atoms with E-state index in [2.05, 4.69) is 23.7 Å². The van der Waals surface area contributed by atoms with Crippen LogP contribution in [0, 0.1) is 5.92 Å². The second kappa shape index (κ2) is 5.33. The Bertz CT molecular complexity index is 128. The molecular weight excluding hydrogens is 148 g/mol. The van der Waals surface area contributed by atoms with Gasteiger partial charge in [-0.25, -0.2) is 0 Å². The molecule has 2 nitrogen and oxygen atoms in total. The zero-order valence-electron chi connectivity index (χ0n) is 8.05. The molecule has 0 aromatic carbocycles. The molecule has 0 spiro atoms. The molecule has 1 N–H and O–H groups in total. The molecule has 0 amide bonds. The maximum absolute atomic E-state index is 3.77. The third kappa shape index (κ3) is 2.95. The van der Waals surface area contributed by atoms with E-state index in [1.54, 1.807) is 0 Å². The number of likely N-dealkylation sites (N-methyl/N-ethyl adjacent to an activating group) is 1. The molecule has 2 heteroatoms. The van der Waals surface area contributed by atoms with E-state index < -0.39 is 0 Å². The van der Waals surface area contributed by atoms with Gasteiger partial charge in [0.15, 0.2) is 0 Å². The largest absolute Gasteiger partial charge is 0.316 e. The van der Waals surface area contributed by atoms with Gasteiger partial charge in [-0.2, -0.15) is 0 Å². The molecule has 70 valence electrons. The van der Waals surface area contributed by atoms with Crippen LogP contribution in [0.5, 0.6) is 0 Å². The van der Waals surface area contributed by atoms with Crippen molar-refractivity contribution in [2.45, 2.75) is 13.3 Å². The standard InChI is InChI=1S/C10H20N2/c1-3-7-12(4-2)9-10-5-6-11-8-10/h3,10-11H,1,4-9H2,2H3. The fourth-order valence-corrected chi connectivity index (χ4v) is 1.75. The lowest BCUT2D eigenvalue weighted by Crippen LogP contribution is -2.30. The van der Waals surface area contributed by atoms with Crippen LogP contribution in [-0.2, 0) is 0 Å². The summed E-state index contributed by atoms with van der Waals surface area (Å²) in [5, 5.41) is 3.39. The van der Waals surface area contributed by atoms with Crippen LogP contribution in [0.4, 0.5) is 0 Å². The van der Waals surface area contributed by atoms with Crippen molar-refractivity contribution in [3.63, 3.8) is 0 Å². The van der Waals surface area contributed by atoms with Crippen molar-refractivity contribution >= 4 is 0 Å². The molecular formula is C10H20N2. The Morgan fingerprint density at radius 3 is 3.00 bits per heavy atom. The van der Waals surface area contributed by atoms with Gasteiger partial charge in [-0.1, -0.05) is 13.0 Å². The third-order valence-corrected chi connectivity index (χ3v) is 2.51. The molecule has 0 aromatic rings. The van der Waals surface area contributed by atoms with Gasteiger partial charge in [0.25, 0.3) is 0 Å². The van der Waals surface area contributed by atoms with Crippen LogP contribution < -0.4 is 5.32 Å². The highest BCUT2D eigenvalue weighted by Crippen LogP contribution is 2.09. The fourth-order valence-electron chi connectivity index (χ4n) is 1.75. The predicted molar refractivity (Wildman–Crippen MR) is 53.3 cm³/mol. The molecule has 1 rings (SSSR count). The summed E-state index contributed by atoms with van der Waals surface area (Å²) < 4.78 is 0. The summed E-state index contributed by atoms with van der Waals surface area (Å²) in [4.78, 5) is 2.45. The number of nitrogens with one attached hydrogen (secondary N) is 1. The molecule has 0 bridgehead atoms. The minimum Gasteiger partial charge on any atom is -0.316 e. The van der Waals surface area contributed by atoms with Crippen molar-refractivity contribution in [3.05, 3.63) is 12.7 Å². The van der Waals surface area contributed by atoms with Gasteiger partial charge in [-0.15, -0.1) is 6.58 Å². The van der Waals surface area contributed by atoms with Crippen molar-refractivity contribution in [2.75, 3.05) is 32.7 Å². The highest BCUT2D eigenvalue weighted by molar-refractivity contribution is 4.78. The lowest BCUT2D eigenvalue weighted by Gasteiger charge is -2.21. The first-order chi connectivity index (χ1) is 5.86. The van der Waals surface area contributed by atoms with Gasteiger partial charge in [-0.3, -0.25) is 4.90 Å². The second-order valence-corrected chi connectivity index (χ2v) is 3.50. The number of hydrogen-bond donors (Lipinski definition) is 1. The second-order valence-electron chi connectivity index (χ2n) is 3.50. The van der Waals surface area contributed by atoms with Crippen molar-refractivity contribution in [1.82, 2.24) is 10.2 Å². The predicted octanol–water partition coefficient (Wildman–Crippen LogP) is 1.10. The molecule has 0 aromatic heterocycles. The summed E-state index contributed by atoms with van der Waals surface area (Å²) in [6, 6.07) is 0. The first kappa shape index (κ1) is 9.75. The van der Waals surface area contributed by atoms with Crippen molar-refractivity contribution in [3.8, 4) is 0 Å². The van der Waals surface area contributed by atoms with Crippen molar-refractivity contribution in [2.24, 2.45) is 5.92 Å². The molecule has 1 aliphatic rings. The van der Waals surface area contributed by atoms with Gasteiger partial charge in [0.05, 0.1) is 0 Å². The number of rotatable bonds is 5. The zero-order chi connectivity index (χ0) is 8.81. The van der Waals surface area contributed by atoms with Gasteiger partial charge in [-0.05, 0) is 32.0 Å². The van der Waals surface area contributed by atoms with Gasteiger partial charge >= 0.3 is 0 Å². The Balaban J connectivity index is 2.20. The van der Waals surface area contributed by atoms with Crippen LogP contribution in [0.25, 0.3) is 0 Å². The van der Waals surface area contributed by atoms with Crippen LogP contribution in [0.15, 0.2) is 12.7 Å². The van der Waals surface area contributed by atoms with Crippen LogP contribution in [0.2, 0.25) is 0 Å². The monoisotopic (exact) mass is 168 g/mol. The van der Waals surface area contributed by atoms with E-state index in [1.165, 1.54) is 26.1 Å². The van der Waals surface area contributed by atoms with Gasteiger partial charge < -0.3 is 5.32 Å². The summed E-state index contributed by atoms with van der Waals surface area (Å²) in [5.41, 5.74) is 0. The molecule has 1 heterocycles. The smallest absolute Gasteiger partial charge is 0.0160 e. The van der Waals surface area contributed by atoms with Crippen LogP contribution >= 0.6 is 0 Å². The van der Waals surface area contributed by atoms with Crippen LogP contribution in [0.3, 0.4) is 0 Å². The molecule has 0 saturated carbocycles. The molecule has 1 aliphatic heterocycles. The SMILES string of the molecule is C=CCN(CC)CC1CCNC1. The minimum absolute atomic E-state index is 0.866. The van der Waals surface area contributed by atoms with E-state index in [0.717, 1.165) is 19.0 Å². The molecule has 1 unspecified atom stereocenters. The van der Waals surface area contributed by atoms with Gasteiger partial charge in [0.1, 0.15) is 0 Å². The normalized spacial score (nSPS) is 23.3. The first-order valence-electron chi connectivity index (χ1n) is 4.90. The Hall–Kier alpha value is -0.340. The lowest BCUT2D eigenvalue weighted by molar-refractivity contribution is 0.272. The lowest BCUT2D eigenvalue weighted by atomic mass is 10.1. The maximum Gasteiger partial charge on any atom is 0.0160 e. The quantitative estimate of drug-likeness (QED) is 0.619. The van der Waals surface area contributed by atoms with Crippen LogP contribution in [0.1, 0.15) is 13.3 Å². The number of hydrogen-bond acceptors (Lipinski definition) is 2. The first-order valence-corrected chi connectivity index (χ1v) is 4.90. The summed E-state index contributed by atoms with van der Waals surface area (Å²) >= 11 is 0. The highest BCUT2D eigenvalue weighted by Gasteiger charge is 2.16. The van der Waals surface area contributed by atoms with E-state index in [1.807, 2.05) is 6.08 Å². The molecule has 0 radical (unpaired) electrons. The molecule has 1 atom stereocenters. The van der Waals surface area contributed by atoms with E-state index in [-0.39, 0.29) is 0 Å². The molecule has 12 heavy (non-hydrogen) atoms. The molecule has 1 fully saturated rings. The third-order valence-electron chi connectivity index (χ3n) is 2.51. The average molecular weight is 168 g/mol. The summed E-state index contributed by atoms with van der Waals surface area (Å²) in [6.45, 7) is 11.8. The average Bonchev–Trinajstić information content (AvgIpc) is 2.56. The summed E-state index contributed by atoms with van der Waals surface area (Å²) in [7, 11) is 0. The van der Waals surface area contributed by atoms with E-state index in [9.17, 15) is 0 Å². The summed E-state index contributed by atoms with van der Waals surface area (Å²) in [5.74, 6) is 0.866. The summed E-state index contributed by atoms with van der Waals surface area (Å²) in [6.07, 6.45) is 3.33. The Morgan fingerprint density at radius 2 is 2.50 bits per heavy atom. The Morgan fingerprint density at radius 1 is 1.67 bits per heavy atom. The fraction of sp³-hybridized carbons (Fsp3) is 0.800. The van der Waals surface area contributed by atoms with E-state index in [4.69, 9.17) is 0 Å². The van der Waals surface area contributed by atoms with Gasteiger partial charge in [0, 0.05) is 13.1 Å². The van der Waals surface area contributed by atoms with Crippen molar-refractivity contribution < 1.29 is 0 Å². The maximum atomic E-state index is 3.77. The zero-order valence-corrected chi connectivity index (χ0v) is 8.05. The Kier molecular flexibility index (Phi) is 4.33. The van der Waals surface area contributed by atoms with Gasteiger partial charge in [0.2, 0.25) is 0 Å². The Labute approximate surface area is 75.6 Å². The molecule has 0 aliphatic carbocycles.